The molecular formula is C29H26ClN3O3S. The van der Waals surface area contributed by atoms with Crippen molar-refractivity contribution in [2.75, 3.05) is 6.61 Å². The number of esters is 1. The number of hydrogen-bond acceptors (Lipinski definition) is 5. The highest BCUT2D eigenvalue weighted by Crippen LogP contribution is 2.31. The third kappa shape index (κ3) is 4.49. The first kappa shape index (κ1) is 25.0. The third-order valence-electron chi connectivity index (χ3n) is 6.47. The van der Waals surface area contributed by atoms with Crippen LogP contribution in [-0.2, 0) is 9.53 Å². The number of carbonyl (C=O) groups excluding carboxylic acids is 1. The second-order valence-corrected chi connectivity index (χ2v) is 10.3. The Bertz CT molecular complexity index is 1710. The van der Waals surface area contributed by atoms with Crippen LogP contribution in [0, 0.1) is 13.8 Å². The average Bonchev–Trinajstić information content (AvgIpc) is 3.33. The first-order chi connectivity index (χ1) is 17.8. The van der Waals surface area contributed by atoms with E-state index in [0.717, 1.165) is 28.2 Å². The van der Waals surface area contributed by atoms with Gasteiger partial charge >= 0.3 is 5.97 Å². The molecule has 6 nitrogen and oxygen atoms in total. The SMILES string of the molecule is CCOC(=O)C1=C(C)N=c2s/c(=C/c3cc(C)n(-c4ccccc4)c3C)c(=O)n2[C@H]1c1ccc(Cl)cc1. The van der Waals surface area contributed by atoms with E-state index in [4.69, 9.17) is 16.3 Å². The van der Waals surface area contributed by atoms with Crippen molar-refractivity contribution in [1.29, 1.82) is 0 Å². The Balaban J connectivity index is 1.70. The first-order valence-electron chi connectivity index (χ1n) is 12.0. The Hall–Kier alpha value is -3.68. The van der Waals surface area contributed by atoms with E-state index in [9.17, 15) is 9.59 Å². The molecule has 188 valence electrons. The van der Waals surface area contributed by atoms with E-state index in [2.05, 4.69) is 34.7 Å². The van der Waals surface area contributed by atoms with E-state index in [-0.39, 0.29) is 12.2 Å². The van der Waals surface area contributed by atoms with Gasteiger partial charge in [-0.2, -0.15) is 0 Å². The van der Waals surface area contributed by atoms with Gasteiger partial charge in [0.1, 0.15) is 0 Å². The van der Waals surface area contributed by atoms with Crippen molar-refractivity contribution in [3.63, 3.8) is 0 Å². The van der Waals surface area contributed by atoms with Gasteiger partial charge in [-0.05, 0) is 75.2 Å². The molecular weight excluding hydrogens is 506 g/mol. The number of fused-ring (bicyclic) bond motifs is 1. The van der Waals surface area contributed by atoms with E-state index in [1.165, 1.54) is 11.3 Å². The quantitative estimate of drug-likeness (QED) is 0.345. The van der Waals surface area contributed by atoms with Gasteiger partial charge in [0.2, 0.25) is 0 Å². The summed E-state index contributed by atoms with van der Waals surface area (Å²) in [4.78, 5) is 32.0. The molecule has 3 heterocycles. The van der Waals surface area contributed by atoms with E-state index in [1.54, 1.807) is 30.5 Å². The van der Waals surface area contributed by atoms with Gasteiger partial charge in [-0.3, -0.25) is 9.36 Å². The monoisotopic (exact) mass is 531 g/mol. The molecule has 4 aromatic rings. The second-order valence-electron chi connectivity index (χ2n) is 8.85. The molecule has 1 aliphatic heterocycles. The number of ether oxygens (including phenoxy) is 1. The summed E-state index contributed by atoms with van der Waals surface area (Å²) in [5.74, 6) is -0.482. The zero-order valence-corrected chi connectivity index (χ0v) is 22.6. The van der Waals surface area contributed by atoms with Crippen molar-refractivity contribution < 1.29 is 9.53 Å². The molecule has 1 atom stereocenters. The minimum absolute atomic E-state index is 0.206. The van der Waals surface area contributed by atoms with Gasteiger partial charge in [0, 0.05) is 22.1 Å². The summed E-state index contributed by atoms with van der Waals surface area (Å²) < 4.78 is 9.66. The van der Waals surface area contributed by atoms with Crippen LogP contribution < -0.4 is 14.9 Å². The van der Waals surface area contributed by atoms with Crippen molar-refractivity contribution in [2.24, 2.45) is 4.99 Å². The highest BCUT2D eigenvalue weighted by atomic mass is 35.5. The lowest BCUT2D eigenvalue weighted by molar-refractivity contribution is -0.139. The van der Waals surface area contributed by atoms with E-state index < -0.39 is 12.0 Å². The second kappa shape index (κ2) is 10.00. The van der Waals surface area contributed by atoms with Crippen molar-refractivity contribution in [1.82, 2.24) is 9.13 Å². The number of rotatable bonds is 5. The standard InChI is InChI=1S/C29H26ClN3O3S/c1-5-36-28(35)25-18(3)31-29-33(26(25)20-11-13-22(30)14-12-20)27(34)24(37-29)16-21-15-17(2)32(19(21)4)23-9-7-6-8-10-23/h6-16,26H,5H2,1-4H3/b24-16+/t26-/m0/s1. The lowest BCUT2D eigenvalue weighted by Crippen LogP contribution is -2.39. The van der Waals surface area contributed by atoms with Gasteiger partial charge < -0.3 is 9.30 Å². The lowest BCUT2D eigenvalue weighted by Gasteiger charge is -2.24. The molecule has 8 heteroatoms. The van der Waals surface area contributed by atoms with Gasteiger partial charge in [0.05, 0.1) is 28.5 Å². The maximum absolute atomic E-state index is 13.8. The Morgan fingerprint density at radius 1 is 1.11 bits per heavy atom. The summed E-state index contributed by atoms with van der Waals surface area (Å²) in [6.45, 7) is 7.85. The Morgan fingerprint density at radius 3 is 2.49 bits per heavy atom. The summed E-state index contributed by atoms with van der Waals surface area (Å²) in [7, 11) is 0. The largest absolute Gasteiger partial charge is 0.463 e. The highest BCUT2D eigenvalue weighted by Gasteiger charge is 2.33. The first-order valence-corrected chi connectivity index (χ1v) is 13.2. The topological polar surface area (TPSA) is 65.6 Å². The van der Waals surface area contributed by atoms with Crippen molar-refractivity contribution >= 4 is 35.0 Å². The van der Waals surface area contributed by atoms with Crippen LogP contribution in [0.15, 0.2) is 81.7 Å². The molecule has 0 bridgehead atoms. The van der Waals surface area contributed by atoms with Crippen LogP contribution in [0.5, 0.6) is 0 Å². The number of hydrogen-bond donors (Lipinski definition) is 0. The van der Waals surface area contributed by atoms with E-state index in [1.807, 2.05) is 43.3 Å². The molecule has 0 aliphatic carbocycles. The summed E-state index contributed by atoms with van der Waals surface area (Å²) in [6.07, 6.45) is 1.91. The molecule has 5 rings (SSSR count). The van der Waals surface area contributed by atoms with Gasteiger partial charge in [-0.15, -0.1) is 0 Å². The Kier molecular flexibility index (Phi) is 6.75. The fraction of sp³-hybridized carbons (Fsp3) is 0.207. The van der Waals surface area contributed by atoms with E-state index in [0.29, 0.717) is 25.6 Å². The van der Waals surface area contributed by atoms with Crippen LogP contribution >= 0.6 is 22.9 Å². The van der Waals surface area contributed by atoms with Gasteiger partial charge in [0.25, 0.3) is 5.56 Å². The number of aryl methyl sites for hydroxylation is 1. The molecule has 37 heavy (non-hydrogen) atoms. The fourth-order valence-corrected chi connectivity index (χ4v) is 5.96. The van der Waals surface area contributed by atoms with E-state index >= 15 is 0 Å². The number of benzene rings is 2. The van der Waals surface area contributed by atoms with Crippen LogP contribution in [0.1, 0.15) is 42.4 Å². The zero-order valence-electron chi connectivity index (χ0n) is 21.0. The van der Waals surface area contributed by atoms with Crippen molar-refractivity contribution in [3.8, 4) is 5.69 Å². The minimum atomic E-state index is -0.661. The maximum Gasteiger partial charge on any atom is 0.338 e. The molecule has 0 saturated carbocycles. The number of para-hydroxylation sites is 1. The number of thiazole rings is 1. The Morgan fingerprint density at radius 2 is 1.81 bits per heavy atom. The maximum atomic E-state index is 13.8. The molecule has 2 aromatic heterocycles. The van der Waals surface area contributed by atoms with Crippen LogP contribution in [-0.4, -0.2) is 21.7 Å². The van der Waals surface area contributed by atoms with Crippen LogP contribution in [0.3, 0.4) is 0 Å². The summed E-state index contributed by atoms with van der Waals surface area (Å²) >= 11 is 7.45. The van der Waals surface area contributed by atoms with Crippen LogP contribution in [0.2, 0.25) is 5.02 Å². The number of carbonyl (C=O) groups is 1. The molecule has 0 saturated heterocycles. The number of halogens is 1. The average molecular weight is 532 g/mol. The predicted molar refractivity (Wildman–Crippen MR) is 147 cm³/mol. The highest BCUT2D eigenvalue weighted by molar-refractivity contribution is 7.07. The number of nitrogens with zero attached hydrogens (tertiary/aromatic N) is 3. The van der Waals surface area contributed by atoms with Gasteiger partial charge in [0.15, 0.2) is 4.80 Å². The molecule has 0 fully saturated rings. The molecule has 0 unspecified atom stereocenters. The van der Waals surface area contributed by atoms with Gasteiger partial charge in [-0.25, -0.2) is 9.79 Å². The zero-order chi connectivity index (χ0) is 26.3. The molecule has 0 spiro atoms. The molecule has 0 N–H and O–H groups in total. The fourth-order valence-electron chi connectivity index (χ4n) is 4.80. The third-order valence-corrected chi connectivity index (χ3v) is 7.71. The molecule has 1 aliphatic rings. The van der Waals surface area contributed by atoms with Crippen LogP contribution in [0.4, 0.5) is 0 Å². The lowest BCUT2D eigenvalue weighted by atomic mass is 9.96. The van der Waals surface area contributed by atoms with Gasteiger partial charge in [-0.1, -0.05) is 53.3 Å². The summed E-state index contributed by atoms with van der Waals surface area (Å²) in [6, 6.07) is 18.7. The number of allylic oxidation sites excluding steroid dienone is 1. The summed E-state index contributed by atoms with van der Waals surface area (Å²) in [5.41, 5.74) is 5.57. The normalized spacial score (nSPS) is 15.5. The number of aromatic nitrogens is 2. The molecule has 2 aromatic carbocycles. The smallest absolute Gasteiger partial charge is 0.338 e. The summed E-state index contributed by atoms with van der Waals surface area (Å²) in [5, 5.41) is 0.573. The van der Waals surface area contributed by atoms with Crippen molar-refractivity contribution in [2.45, 2.75) is 33.7 Å². The minimum Gasteiger partial charge on any atom is -0.463 e. The van der Waals surface area contributed by atoms with Crippen molar-refractivity contribution in [3.05, 3.63) is 119 Å². The molecule has 0 amide bonds. The Labute approximate surface area is 223 Å². The predicted octanol–water partition coefficient (Wildman–Crippen LogP) is 4.86. The van der Waals surface area contributed by atoms with Crippen LogP contribution in [0.25, 0.3) is 11.8 Å². The molecule has 0 radical (unpaired) electrons.